The van der Waals surface area contributed by atoms with Crippen molar-refractivity contribution in [3.63, 3.8) is 0 Å². The molecular weight excluding hydrogens is 553 g/mol. The number of nitrogens with zero attached hydrogens (tertiary/aromatic N) is 4. The molecule has 13 nitrogen and oxygen atoms in total. The van der Waals surface area contributed by atoms with Crippen molar-refractivity contribution in [1.82, 2.24) is 24.3 Å². The fraction of sp³-hybridized carbons (Fsp3) is 0.630. The predicted octanol–water partition coefficient (Wildman–Crippen LogP) is 2.62. The van der Waals surface area contributed by atoms with Gasteiger partial charge in [-0.15, -0.1) is 0 Å². The van der Waals surface area contributed by atoms with E-state index in [-0.39, 0.29) is 24.4 Å². The first kappa shape index (κ1) is 31.0. The summed E-state index contributed by atoms with van der Waals surface area (Å²) in [5.74, 6) is -1.60. The first-order valence-corrected chi connectivity index (χ1v) is 15.4. The van der Waals surface area contributed by atoms with Crippen molar-refractivity contribution >= 4 is 36.5 Å². The van der Waals surface area contributed by atoms with E-state index < -0.39 is 37.0 Å². The fourth-order valence-corrected chi connectivity index (χ4v) is 7.06. The number of carbonyl (C=O) groups is 3. The molecule has 2 fully saturated rings. The van der Waals surface area contributed by atoms with E-state index in [1.165, 1.54) is 28.3 Å². The quantitative estimate of drug-likeness (QED) is 0.361. The average Bonchev–Trinajstić information content (AvgIpc) is 3.16. The van der Waals surface area contributed by atoms with E-state index in [1.54, 1.807) is 27.8 Å². The Bertz CT molecular complexity index is 1420. The summed E-state index contributed by atoms with van der Waals surface area (Å²) in [6, 6.07) is 5.01. The number of ether oxygens (including phenoxy) is 1. The molecule has 226 valence electrons. The number of benzene rings is 1. The lowest BCUT2D eigenvalue weighted by molar-refractivity contribution is -0.135. The van der Waals surface area contributed by atoms with E-state index in [0.717, 1.165) is 18.4 Å². The zero-order valence-corrected chi connectivity index (χ0v) is 25.4. The van der Waals surface area contributed by atoms with Crippen LogP contribution in [0.3, 0.4) is 0 Å². The van der Waals surface area contributed by atoms with Crippen LogP contribution in [0.15, 0.2) is 23.0 Å². The number of amides is 3. The molecule has 0 spiro atoms. The largest absolute Gasteiger partial charge is 0.444 e. The molecule has 3 heterocycles. The summed E-state index contributed by atoms with van der Waals surface area (Å²) >= 11 is 0. The molecule has 2 aliphatic heterocycles. The van der Waals surface area contributed by atoms with E-state index in [0.29, 0.717) is 37.2 Å². The van der Waals surface area contributed by atoms with Crippen LogP contribution >= 0.6 is 7.60 Å². The molecule has 3 amide bonds. The van der Waals surface area contributed by atoms with Crippen LogP contribution in [0.2, 0.25) is 0 Å². The third kappa shape index (κ3) is 6.58. The number of fused-ring (bicyclic) bond motifs is 1. The summed E-state index contributed by atoms with van der Waals surface area (Å²) < 4.78 is 32.4. The maximum Gasteiger partial charge on any atom is 0.411 e. The SMILES string of the molecule is COP(=O)(OC)C1CN(CCCc2ccc3c(c2)n(C)c(=O)n3C2CCC(=O)NC2=O)CCN1C(=O)OC(C)(C)C. The Morgan fingerprint density at radius 3 is 2.44 bits per heavy atom. The maximum atomic E-state index is 13.4. The van der Waals surface area contributed by atoms with Gasteiger partial charge in [0.1, 0.15) is 17.4 Å². The number of aryl methyl sites for hydroxylation is 2. The molecule has 2 aromatic rings. The van der Waals surface area contributed by atoms with Gasteiger partial charge in [0.15, 0.2) is 0 Å². The summed E-state index contributed by atoms with van der Waals surface area (Å²) in [5, 5.41) is 2.32. The molecule has 2 saturated heterocycles. The van der Waals surface area contributed by atoms with Crippen molar-refractivity contribution in [2.45, 2.75) is 63.9 Å². The van der Waals surface area contributed by atoms with Crippen molar-refractivity contribution in [1.29, 1.82) is 0 Å². The molecule has 4 rings (SSSR count). The van der Waals surface area contributed by atoms with Crippen molar-refractivity contribution in [3.8, 4) is 0 Å². The van der Waals surface area contributed by atoms with Crippen molar-refractivity contribution in [3.05, 3.63) is 34.2 Å². The van der Waals surface area contributed by atoms with Gasteiger partial charge in [0.05, 0.1) is 11.0 Å². The molecule has 14 heteroatoms. The fourth-order valence-electron chi connectivity index (χ4n) is 5.45. The van der Waals surface area contributed by atoms with E-state index in [9.17, 15) is 23.7 Å². The first-order chi connectivity index (χ1) is 19.3. The van der Waals surface area contributed by atoms with Gasteiger partial charge in [-0.25, -0.2) is 9.59 Å². The van der Waals surface area contributed by atoms with Crippen LogP contribution in [0.1, 0.15) is 51.6 Å². The van der Waals surface area contributed by atoms with Gasteiger partial charge in [-0.3, -0.25) is 38.4 Å². The third-order valence-electron chi connectivity index (χ3n) is 7.56. The molecule has 0 aliphatic carbocycles. The zero-order valence-electron chi connectivity index (χ0n) is 24.5. The second-order valence-corrected chi connectivity index (χ2v) is 13.9. The van der Waals surface area contributed by atoms with Crippen LogP contribution in [0.4, 0.5) is 4.79 Å². The molecule has 0 bridgehead atoms. The van der Waals surface area contributed by atoms with E-state index in [1.807, 2.05) is 18.2 Å². The summed E-state index contributed by atoms with van der Waals surface area (Å²) in [4.78, 5) is 53.5. The van der Waals surface area contributed by atoms with Gasteiger partial charge in [0.25, 0.3) is 0 Å². The van der Waals surface area contributed by atoms with Crippen LogP contribution in [-0.2, 0) is 41.4 Å². The molecule has 2 unspecified atom stereocenters. The van der Waals surface area contributed by atoms with Crippen molar-refractivity contribution < 1.29 is 32.7 Å². The Morgan fingerprint density at radius 1 is 1.10 bits per heavy atom. The predicted molar refractivity (Wildman–Crippen MR) is 152 cm³/mol. The standard InChI is InChI=1S/C27H40N5O8P/c1-27(2,3)40-26(36)31-15-14-30(17-23(31)41(37,38-5)39-6)13-7-8-18-9-10-19-21(16-18)29(4)25(35)32(19)20-11-12-22(33)28-24(20)34/h9-10,16,20,23H,7-8,11-15,17H2,1-6H3,(H,28,33,34). The first-order valence-electron chi connectivity index (χ1n) is 13.7. The minimum atomic E-state index is -3.61. The lowest BCUT2D eigenvalue weighted by Crippen LogP contribution is -2.56. The van der Waals surface area contributed by atoms with Crippen LogP contribution in [0.5, 0.6) is 0 Å². The van der Waals surface area contributed by atoms with Crippen LogP contribution in [-0.4, -0.2) is 88.6 Å². The molecular formula is C27H40N5O8P. The second-order valence-electron chi connectivity index (χ2n) is 11.5. The van der Waals surface area contributed by atoms with Crippen molar-refractivity contribution in [2.75, 3.05) is 40.4 Å². The smallest absolute Gasteiger partial charge is 0.411 e. The van der Waals surface area contributed by atoms with Gasteiger partial charge in [0.2, 0.25) is 11.8 Å². The molecule has 0 saturated carbocycles. The lowest BCUT2D eigenvalue weighted by Gasteiger charge is -2.43. The highest BCUT2D eigenvalue weighted by Crippen LogP contribution is 2.54. The highest BCUT2D eigenvalue weighted by Gasteiger charge is 2.45. The maximum absolute atomic E-state index is 13.4. The Labute approximate surface area is 239 Å². The molecule has 1 aromatic heterocycles. The Kier molecular flexibility index (Phi) is 9.13. The molecule has 2 atom stereocenters. The Hall–Kier alpha value is -2.99. The number of piperazine rings is 1. The van der Waals surface area contributed by atoms with Gasteiger partial charge in [-0.05, 0) is 64.3 Å². The zero-order chi connectivity index (χ0) is 30.1. The summed E-state index contributed by atoms with van der Waals surface area (Å²) in [6.45, 7) is 7.22. The number of aromatic nitrogens is 2. The normalized spacial score (nSPS) is 20.9. The summed E-state index contributed by atoms with van der Waals surface area (Å²) in [7, 11) is 0.684. The number of rotatable bonds is 8. The van der Waals surface area contributed by atoms with E-state index >= 15 is 0 Å². The van der Waals surface area contributed by atoms with Crippen molar-refractivity contribution in [2.24, 2.45) is 7.05 Å². The molecule has 2 aliphatic rings. The van der Waals surface area contributed by atoms with Crippen LogP contribution in [0.25, 0.3) is 11.0 Å². The lowest BCUT2D eigenvalue weighted by atomic mass is 10.1. The average molecular weight is 594 g/mol. The van der Waals surface area contributed by atoms with E-state index in [4.69, 9.17) is 13.8 Å². The van der Waals surface area contributed by atoms with Gasteiger partial charge in [0, 0.05) is 47.3 Å². The number of hydrogen-bond acceptors (Lipinski definition) is 9. The minimum Gasteiger partial charge on any atom is -0.444 e. The topological polar surface area (TPSA) is 141 Å². The van der Waals surface area contributed by atoms with Crippen LogP contribution < -0.4 is 11.0 Å². The van der Waals surface area contributed by atoms with Crippen LogP contribution in [0, 0.1) is 0 Å². The number of imide groups is 1. The molecule has 1 aromatic carbocycles. The Morgan fingerprint density at radius 2 is 1.80 bits per heavy atom. The highest BCUT2D eigenvalue weighted by atomic mass is 31.2. The minimum absolute atomic E-state index is 0.189. The summed E-state index contributed by atoms with van der Waals surface area (Å²) in [5.41, 5.74) is 1.38. The number of hydrogen-bond donors (Lipinski definition) is 1. The number of piperidine rings is 1. The summed E-state index contributed by atoms with van der Waals surface area (Å²) in [6.07, 6.45) is 1.41. The number of nitrogens with one attached hydrogen (secondary N) is 1. The monoisotopic (exact) mass is 593 g/mol. The van der Waals surface area contributed by atoms with E-state index in [2.05, 4.69) is 10.2 Å². The molecule has 41 heavy (non-hydrogen) atoms. The third-order valence-corrected chi connectivity index (χ3v) is 9.75. The molecule has 0 radical (unpaired) electrons. The Balaban J connectivity index is 1.44. The second kappa shape index (κ2) is 12.1. The van der Waals surface area contributed by atoms with Gasteiger partial charge in [-0.2, -0.15) is 0 Å². The van der Waals surface area contributed by atoms with Gasteiger partial charge >= 0.3 is 19.4 Å². The highest BCUT2D eigenvalue weighted by molar-refractivity contribution is 7.54. The molecule has 1 N–H and O–H groups in total. The van der Waals surface area contributed by atoms with Gasteiger partial charge < -0.3 is 13.8 Å². The number of carbonyl (C=O) groups excluding carboxylic acids is 3. The van der Waals surface area contributed by atoms with Gasteiger partial charge in [-0.1, -0.05) is 6.07 Å². The number of imidazole rings is 1.